The number of aryl methyl sites for hydroxylation is 1. The van der Waals surface area contributed by atoms with Gasteiger partial charge >= 0.3 is 0 Å². The van der Waals surface area contributed by atoms with Gasteiger partial charge in [-0.05, 0) is 49.4 Å². The summed E-state index contributed by atoms with van der Waals surface area (Å²) in [6.07, 6.45) is 1.58. The summed E-state index contributed by atoms with van der Waals surface area (Å²) in [6.45, 7) is 2.28. The zero-order valence-electron chi connectivity index (χ0n) is 15.1. The number of nitrogens with one attached hydrogen (secondary N) is 1. The largest absolute Gasteiger partial charge is 0.495 e. The van der Waals surface area contributed by atoms with Crippen LogP contribution in [0.2, 0.25) is 0 Å². The van der Waals surface area contributed by atoms with Gasteiger partial charge in [-0.25, -0.2) is 4.98 Å². The second-order valence-electron chi connectivity index (χ2n) is 6.13. The molecular formula is C21H19N3O3. The highest BCUT2D eigenvalue weighted by atomic mass is 16.5. The zero-order valence-corrected chi connectivity index (χ0v) is 15.1. The molecule has 6 heteroatoms. The predicted octanol–water partition coefficient (Wildman–Crippen LogP) is 3.87. The van der Waals surface area contributed by atoms with Crippen molar-refractivity contribution >= 4 is 16.9 Å². The third-order valence-corrected chi connectivity index (χ3v) is 4.41. The van der Waals surface area contributed by atoms with Crippen molar-refractivity contribution in [3.05, 3.63) is 78.0 Å². The maximum atomic E-state index is 12.4. The van der Waals surface area contributed by atoms with E-state index in [1.165, 1.54) is 0 Å². The highest BCUT2D eigenvalue weighted by Crippen LogP contribution is 2.28. The van der Waals surface area contributed by atoms with Crippen LogP contribution >= 0.6 is 0 Å². The molecule has 0 bridgehead atoms. The molecule has 0 fully saturated rings. The number of hydrogen-bond donors (Lipinski definition) is 1. The van der Waals surface area contributed by atoms with Gasteiger partial charge < -0.3 is 14.5 Å². The number of aromatic nitrogens is 2. The molecule has 27 heavy (non-hydrogen) atoms. The first kappa shape index (κ1) is 16.9. The lowest BCUT2D eigenvalue weighted by molar-refractivity contribution is 0.0948. The molecule has 2 aromatic heterocycles. The van der Waals surface area contributed by atoms with Crippen LogP contribution in [0.4, 0.5) is 0 Å². The first-order chi connectivity index (χ1) is 13.2. The van der Waals surface area contributed by atoms with Gasteiger partial charge in [0.25, 0.3) is 5.91 Å². The van der Waals surface area contributed by atoms with Gasteiger partial charge in [0.05, 0.1) is 36.6 Å². The maximum absolute atomic E-state index is 12.4. The van der Waals surface area contributed by atoms with Crippen molar-refractivity contribution in [2.45, 2.75) is 13.5 Å². The van der Waals surface area contributed by atoms with E-state index in [4.69, 9.17) is 9.15 Å². The Kier molecular flexibility index (Phi) is 4.38. The lowest BCUT2D eigenvalue weighted by Crippen LogP contribution is -2.22. The van der Waals surface area contributed by atoms with Gasteiger partial charge in [0.15, 0.2) is 0 Å². The summed E-state index contributed by atoms with van der Waals surface area (Å²) in [5, 5.41) is 2.85. The molecule has 0 unspecified atom stereocenters. The summed E-state index contributed by atoms with van der Waals surface area (Å²) in [5.74, 6) is 2.13. The van der Waals surface area contributed by atoms with Gasteiger partial charge in [0.2, 0.25) is 0 Å². The van der Waals surface area contributed by atoms with Crippen LogP contribution in [0.15, 0.2) is 65.3 Å². The third kappa shape index (κ3) is 3.17. The van der Waals surface area contributed by atoms with Crippen molar-refractivity contribution in [3.63, 3.8) is 0 Å². The first-order valence-corrected chi connectivity index (χ1v) is 8.60. The lowest BCUT2D eigenvalue weighted by Gasteiger charge is -2.11. The molecule has 6 nitrogen and oxygen atoms in total. The SMILES string of the molecule is COc1ccccc1-n1c(C)nc2cc(C(=O)NCc3ccco3)ccc21. The second-order valence-corrected chi connectivity index (χ2v) is 6.13. The van der Waals surface area contributed by atoms with Crippen molar-refractivity contribution in [2.75, 3.05) is 7.11 Å². The zero-order chi connectivity index (χ0) is 18.8. The third-order valence-electron chi connectivity index (χ3n) is 4.41. The van der Waals surface area contributed by atoms with Crippen LogP contribution in [0, 0.1) is 6.92 Å². The van der Waals surface area contributed by atoms with Gasteiger partial charge in [-0.2, -0.15) is 0 Å². The summed E-state index contributed by atoms with van der Waals surface area (Å²) >= 11 is 0. The van der Waals surface area contributed by atoms with Crippen molar-refractivity contribution in [1.29, 1.82) is 0 Å². The minimum Gasteiger partial charge on any atom is -0.495 e. The number of fused-ring (bicyclic) bond motifs is 1. The minimum absolute atomic E-state index is 0.169. The fourth-order valence-corrected chi connectivity index (χ4v) is 3.14. The van der Waals surface area contributed by atoms with Crippen LogP contribution in [-0.2, 0) is 6.54 Å². The average Bonchev–Trinajstić information content (AvgIpc) is 3.32. The topological polar surface area (TPSA) is 69.3 Å². The number of ether oxygens (including phenoxy) is 1. The Bertz CT molecular complexity index is 1100. The van der Waals surface area contributed by atoms with Crippen molar-refractivity contribution in [1.82, 2.24) is 14.9 Å². The van der Waals surface area contributed by atoms with E-state index < -0.39 is 0 Å². The fraction of sp³-hybridized carbons (Fsp3) is 0.143. The molecule has 0 spiro atoms. The Morgan fingerprint density at radius 3 is 2.81 bits per heavy atom. The first-order valence-electron chi connectivity index (χ1n) is 8.60. The summed E-state index contributed by atoms with van der Waals surface area (Å²) in [6, 6.07) is 16.9. The molecule has 136 valence electrons. The van der Waals surface area contributed by atoms with Gasteiger partial charge in [-0.15, -0.1) is 0 Å². The van der Waals surface area contributed by atoms with E-state index in [0.29, 0.717) is 17.9 Å². The van der Waals surface area contributed by atoms with E-state index in [9.17, 15) is 4.79 Å². The van der Waals surface area contributed by atoms with E-state index >= 15 is 0 Å². The molecule has 0 atom stereocenters. The minimum atomic E-state index is -0.169. The molecular weight excluding hydrogens is 342 g/mol. The standard InChI is InChI=1S/C21H19N3O3/c1-14-23-17-12-15(21(25)22-13-16-6-5-11-27-16)9-10-18(17)24(14)19-7-3-4-8-20(19)26-2/h3-12H,13H2,1-2H3,(H,22,25). The predicted molar refractivity (Wildman–Crippen MR) is 102 cm³/mol. The van der Waals surface area contributed by atoms with Gasteiger partial charge in [0, 0.05) is 5.56 Å². The van der Waals surface area contributed by atoms with E-state index in [0.717, 1.165) is 28.3 Å². The molecule has 0 saturated heterocycles. The van der Waals surface area contributed by atoms with Crippen molar-refractivity contribution in [3.8, 4) is 11.4 Å². The molecule has 1 N–H and O–H groups in total. The second kappa shape index (κ2) is 6.99. The molecule has 2 aromatic carbocycles. The van der Waals surface area contributed by atoms with E-state index in [1.807, 2.05) is 47.9 Å². The van der Waals surface area contributed by atoms with Gasteiger partial charge in [-0.3, -0.25) is 9.36 Å². The summed E-state index contributed by atoms with van der Waals surface area (Å²) in [5.41, 5.74) is 3.14. The van der Waals surface area contributed by atoms with Crippen LogP contribution in [0.25, 0.3) is 16.7 Å². The Balaban J connectivity index is 1.67. The van der Waals surface area contributed by atoms with Crippen LogP contribution in [0.1, 0.15) is 21.9 Å². The van der Waals surface area contributed by atoms with E-state index in [1.54, 1.807) is 31.6 Å². The molecule has 0 aliphatic heterocycles. The molecule has 4 rings (SSSR count). The Morgan fingerprint density at radius 2 is 2.04 bits per heavy atom. The van der Waals surface area contributed by atoms with Crippen LogP contribution in [0.5, 0.6) is 5.75 Å². The molecule has 1 amide bonds. The number of carbonyl (C=O) groups is 1. The number of benzene rings is 2. The lowest BCUT2D eigenvalue weighted by atomic mass is 10.2. The highest BCUT2D eigenvalue weighted by molar-refractivity contribution is 5.97. The Labute approximate surface area is 156 Å². The van der Waals surface area contributed by atoms with Crippen LogP contribution in [0.3, 0.4) is 0 Å². The van der Waals surface area contributed by atoms with Crippen molar-refractivity contribution < 1.29 is 13.9 Å². The number of hydrogen-bond acceptors (Lipinski definition) is 4. The quantitative estimate of drug-likeness (QED) is 0.586. The smallest absolute Gasteiger partial charge is 0.251 e. The van der Waals surface area contributed by atoms with Crippen LogP contribution < -0.4 is 10.1 Å². The van der Waals surface area contributed by atoms with Gasteiger partial charge in [0.1, 0.15) is 17.3 Å². The number of nitrogens with zero attached hydrogens (tertiary/aromatic N) is 2. The summed E-state index contributed by atoms with van der Waals surface area (Å²) in [4.78, 5) is 17.1. The number of imidazole rings is 1. The molecule has 0 radical (unpaired) electrons. The fourth-order valence-electron chi connectivity index (χ4n) is 3.14. The number of rotatable bonds is 5. The van der Waals surface area contributed by atoms with E-state index in [-0.39, 0.29) is 5.91 Å². The number of methoxy groups -OCH3 is 1. The molecule has 4 aromatic rings. The summed E-state index contributed by atoms with van der Waals surface area (Å²) in [7, 11) is 1.65. The highest BCUT2D eigenvalue weighted by Gasteiger charge is 2.15. The maximum Gasteiger partial charge on any atom is 0.251 e. The molecule has 0 saturated carbocycles. The number of amides is 1. The van der Waals surface area contributed by atoms with Crippen molar-refractivity contribution in [2.24, 2.45) is 0 Å². The number of furan rings is 1. The van der Waals surface area contributed by atoms with Gasteiger partial charge in [-0.1, -0.05) is 12.1 Å². The Hall–Kier alpha value is -3.54. The number of para-hydroxylation sites is 2. The Morgan fingerprint density at radius 1 is 1.19 bits per heavy atom. The molecule has 2 heterocycles. The molecule has 0 aliphatic carbocycles. The average molecular weight is 361 g/mol. The summed E-state index contributed by atoms with van der Waals surface area (Å²) < 4.78 is 12.7. The van der Waals surface area contributed by atoms with Crippen LogP contribution in [-0.4, -0.2) is 22.6 Å². The van der Waals surface area contributed by atoms with E-state index in [2.05, 4.69) is 10.3 Å². The monoisotopic (exact) mass is 361 g/mol. The number of carbonyl (C=O) groups excluding carboxylic acids is 1. The molecule has 0 aliphatic rings. The normalized spacial score (nSPS) is 10.9.